The Bertz CT molecular complexity index is 454. The Kier molecular flexibility index (Phi) is 4.96. The van der Waals surface area contributed by atoms with Crippen molar-refractivity contribution in [2.45, 2.75) is 19.0 Å². The molecule has 1 N–H and O–H groups in total. The standard InChI is InChI=1S/C14H18BrF3N2/c1-20-6-4-10(5-7-20)9-19-13-3-2-11(15)8-12(13)14(16,17)18/h2-3,8,10,19H,4-7,9H2,1H3. The molecule has 20 heavy (non-hydrogen) atoms. The van der Waals surface area contributed by atoms with Crippen molar-refractivity contribution in [3.63, 3.8) is 0 Å². The first-order valence-electron chi connectivity index (χ1n) is 6.65. The maximum absolute atomic E-state index is 13.0. The zero-order valence-electron chi connectivity index (χ0n) is 11.3. The molecule has 0 saturated carbocycles. The van der Waals surface area contributed by atoms with Crippen molar-refractivity contribution in [1.29, 1.82) is 0 Å². The second kappa shape index (κ2) is 6.35. The van der Waals surface area contributed by atoms with Crippen LogP contribution in [0.5, 0.6) is 0 Å². The molecule has 1 fully saturated rings. The van der Waals surface area contributed by atoms with E-state index >= 15 is 0 Å². The van der Waals surface area contributed by atoms with E-state index in [4.69, 9.17) is 0 Å². The monoisotopic (exact) mass is 350 g/mol. The second-order valence-electron chi connectivity index (χ2n) is 5.32. The molecular formula is C14H18BrF3N2. The maximum atomic E-state index is 13.0. The van der Waals surface area contributed by atoms with Crippen LogP contribution in [0.3, 0.4) is 0 Å². The third-order valence-electron chi connectivity index (χ3n) is 3.71. The number of hydrogen-bond acceptors (Lipinski definition) is 2. The van der Waals surface area contributed by atoms with Crippen LogP contribution in [0.1, 0.15) is 18.4 Å². The van der Waals surface area contributed by atoms with Gasteiger partial charge in [0.25, 0.3) is 0 Å². The number of hydrogen-bond donors (Lipinski definition) is 1. The molecule has 0 bridgehead atoms. The quantitative estimate of drug-likeness (QED) is 0.877. The van der Waals surface area contributed by atoms with Gasteiger partial charge in [0.2, 0.25) is 0 Å². The molecule has 1 aliphatic heterocycles. The Morgan fingerprint density at radius 3 is 2.55 bits per heavy atom. The zero-order valence-corrected chi connectivity index (χ0v) is 12.9. The highest BCUT2D eigenvalue weighted by Gasteiger charge is 2.33. The Morgan fingerprint density at radius 1 is 1.30 bits per heavy atom. The van der Waals surface area contributed by atoms with Crippen LogP contribution in [0.4, 0.5) is 18.9 Å². The van der Waals surface area contributed by atoms with Gasteiger partial charge in [0.05, 0.1) is 5.56 Å². The van der Waals surface area contributed by atoms with Crippen molar-refractivity contribution in [3.05, 3.63) is 28.2 Å². The lowest BCUT2D eigenvalue weighted by molar-refractivity contribution is -0.137. The molecule has 2 rings (SSSR count). The largest absolute Gasteiger partial charge is 0.418 e. The second-order valence-corrected chi connectivity index (χ2v) is 6.23. The lowest BCUT2D eigenvalue weighted by Gasteiger charge is -2.29. The molecule has 2 nitrogen and oxygen atoms in total. The number of halogens is 4. The van der Waals surface area contributed by atoms with Crippen molar-refractivity contribution in [2.24, 2.45) is 5.92 Å². The van der Waals surface area contributed by atoms with E-state index in [0.717, 1.165) is 32.0 Å². The minimum absolute atomic E-state index is 0.166. The molecule has 0 spiro atoms. The van der Waals surface area contributed by atoms with Gasteiger partial charge in [0, 0.05) is 16.7 Å². The van der Waals surface area contributed by atoms with Gasteiger partial charge in [-0.3, -0.25) is 0 Å². The van der Waals surface area contributed by atoms with Gasteiger partial charge in [0.15, 0.2) is 0 Å². The van der Waals surface area contributed by atoms with Gasteiger partial charge in [-0.1, -0.05) is 15.9 Å². The summed E-state index contributed by atoms with van der Waals surface area (Å²) in [6.45, 7) is 2.62. The van der Waals surface area contributed by atoms with E-state index < -0.39 is 11.7 Å². The minimum Gasteiger partial charge on any atom is -0.384 e. The summed E-state index contributed by atoms with van der Waals surface area (Å²) in [6, 6.07) is 4.24. The van der Waals surface area contributed by atoms with Gasteiger partial charge >= 0.3 is 6.18 Å². The normalized spacial score (nSPS) is 18.2. The molecule has 1 aliphatic rings. The van der Waals surface area contributed by atoms with E-state index in [1.165, 1.54) is 6.07 Å². The molecule has 0 unspecified atom stereocenters. The van der Waals surface area contributed by atoms with Crippen LogP contribution in [0.2, 0.25) is 0 Å². The van der Waals surface area contributed by atoms with Crippen LogP contribution in [-0.2, 0) is 6.18 Å². The molecule has 1 aromatic rings. The molecule has 112 valence electrons. The number of rotatable bonds is 3. The number of alkyl halides is 3. The highest BCUT2D eigenvalue weighted by molar-refractivity contribution is 9.10. The van der Waals surface area contributed by atoms with Crippen LogP contribution in [0.25, 0.3) is 0 Å². The predicted molar refractivity (Wildman–Crippen MR) is 77.9 cm³/mol. The molecule has 1 heterocycles. The average molecular weight is 351 g/mol. The molecule has 6 heteroatoms. The number of anilines is 1. The maximum Gasteiger partial charge on any atom is 0.418 e. The van der Waals surface area contributed by atoms with Crippen molar-refractivity contribution in [1.82, 2.24) is 4.90 Å². The Labute approximate surface area is 125 Å². The third kappa shape index (κ3) is 4.12. The summed E-state index contributed by atoms with van der Waals surface area (Å²) in [4.78, 5) is 2.25. The van der Waals surface area contributed by atoms with Crippen molar-refractivity contribution in [2.75, 3.05) is 32.0 Å². The molecular weight excluding hydrogens is 333 g/mol. The number of nitrogens with zero attached hydrogens (tertiary/aromatic N) is 1. The number of nitrogens with one attached hydrogen (secondary N) is 1. The summed E-state index contributed by atoms with van der Waals surface area (Å²) in [7, 11) is 2.07. The summed E-state index contributed by atoms with van der Waals surface area (Å²) in [5.74, 6) is 0.441. The number of likely N-dealkylation sites (tertiary alicyclic amines) is 1. The molecule has 0 radical (unpaired) electrons. The fourth-order valence-corrected chi connectivity index (χ4v) is 2.79. The number of piperidine rings is 1. The molecule has 0 atom stereocenters. The van der Waals surface area contributed by atoms with Gasteiger partial charge in [-0.05, 0) is 57.1 Å². The van der Waals surface area contributed by atoms with Gasteiger partial charge in [-0.2, -0.15) is 13.2 Å². The average Bonchev–Trinajstić information content (AvgIpc) is 2.38. The fraction of sp³-hybridized carbons (Fsp3) is 0.571. The first-order valence-corrected chi connectivity index (χ1v) is 7.44. The van der Waals surface area contributed by atoms with E-state index in [9.17, 15) is 13.2 Å². The van der Waals surface area contributed by atoms with E-state index in [2.05, 4.69) is 33.2 Å². The van der Waals surface area contributed by atoms with Gasteiger partial charge in [0.1, 0.15) is 0 Å². The van der Waals surface area contributed by atoms with Crippen LogP contribution in [0.15, 0.2) is 22.7 Å². The first kappa shape index (κ1) is 15.6. The van der Waals surface area contributed by atoms with Crippen LogP contribution in [-0.4, -0.2) is 31.6 Å². The Morgan fingerprint density at radius 2 is 1.95 bits per heavy atom. The number of benzene rings is 1. The highest BCUT2D eigenvalue weighted by atomic mass is 79.9. The van der Waals surface area contributed by atoms with Crippen LogP contribution in [0, 0.1) is 5.92 Å². The van der Waals surface area contributed by atoms with Gasteiger partial charge < -0.3 is 10.2 Å². The third-order valence-corrected chi connectivity index (χ3v) is 4.20. The van der Waals surface area contributed by atoms with Crippen molar-refractivity contribution < 1.29 is 13.2 Å². The first-order chi connectivity index (χ1) is 9.36. The molecule has 0 amide bonds. The Balaban J connectivity index is 2.02. The smallest absolute Gasteiger partial charge is 0.384 e. The molecule has 0 aliphatic carbocycles. The summed E-state index contributed by atoms with van der Waals surface area (Å²) in [6.07, 6.45) is -2.28. The van der Waals surface area contributed by atoms with E-state index in [1.807, 2.05) is 0 Å². The molecule has 1 saturated heterocycles. The lowest BCUT2D eigenvalue weighted by Crippen LogP contribution is -2.33. The summed E-state index contributed by atoms with van der Waals surface area (Å²) in [5, 5.41) is 2.97. The minimum atomic E-state index is -4.33. The van der Waals surface area contributed by atoms with Crippen LogP contribution < -0.4 is 5.32 Å². The summed E-state index contributed by atoms with van der Waals surface area (Å²) >= 11 is 3.09. The van der Waals surface area contributed by atoms with E-state index in [0.29, 0.717) is 16.9 Å². The molecule has 1 aromatic carbocycles. The van der Waals surface area contributed by atoms with Crippen LogP contribution >= 0.6 is 15.9 Å². The predicted octanol–water partition coefficient (Wildman–Crippen LogP) is 4.22. The zero-order chi connectivity index (χ0) is 14.8. The van der Waals surface area contributed by atoms with Crippen molar-refractivity contribution in [3.8, 4) is 0 Å². The van der Waals surface area contributed by atoms with E-state index in [1.54, 1.807) is 6.07 Å². The summed E-state index contributed by atoms with van der Waals surface area (Å²) in [5.41, 5.74) is -0.445. The SMILES string of the molecule is CN1CCC(CNc2ccc(Br)cc2C(F)(F)F)CC1. The topological polar surface area (TPSA) is 15.3 Å². The van der Waals surface area contributed by atoms with E-state index in [-0.39, 0.29) is 5.69 Å². The fourth-order valence-electron chi connectivity index (χ4n) is 2.43. The van der Waals surface area contributed by atoms with Gasteiger partial charge in [-0.25, -0.2) is 0 Å². The Hall–Kier alpha value is -0.750. The highest BCUT2D eigenvalue weighted by Crippen LogP contribution is 2.36. The van der Waals surface area contributed by atoms with Crippen molar-refractivity contribution >= 4 is 21.6 Å². The molecule has 0 aromatic heterocycles. The lowest BCUT2D eigenvalue weighted by atomic mass is 9.97. The van der Waals surface area contributed by atoms with Gasteiger partial charge in [-0.15, -0.1) is 0 Å². The summed E-state index contributed by atoms with van der Waals surface area (Å²) < 4.78 is 39.4.